The third kappa shape index (κ3) is 6.96. The summed E-state index contributed by atoms with van der Waals surface area (Å²) in [7, 11) is -1.33. The van der Waals surface area contributed by atoms with Crippen molar-refractivity contribution in [1.29, 1.82) is 0 Å². The van der Waals surface area contributed by atoms with Gasteiger partial charge < -0.3 is 0 Å². The van der Waals surface area contributed by atoms with E-state index in [0.717, 1.165) is 49.3 Å². The van der Waals surface area contributed by atoms with Gasteiger partial charge in [0.05, 0.1) is 0 Å². The molecule has 0 fully saturated rings. The van der Waals surface area contributed by atoms with Gasteiger partial charge in [0.1, 0.15) is 17.5 Å². The Hall–Kier alpha value is -4.46. The van der Waals surface area contributed by atoms with Crippen LogP contribution in [0, 0.1) is 17.5 Å². The molecule has 0 bridgehead atoms. The fourth-order valence-electron chi connectivity index (χ4n) is 5.58. The van der Waals surface area contributed by atoms with Gasteiger partial charge in [0.2, 0.25) is 0 Å². The van der Waals surface area contributed by atoms with Gasteiger partial charge in [-0.1, -0.05) is 109 Å². The van der Waals surface area contributed by atoms with Gasteiger partial charge in [0.15, 0.2) is 0 Å². The molecular weight excluding hydrogens is 556 g/mol. The lowest BCUT2D eigenvalue weighted by molar-refractivity contribution is 0.626. The fraction of sp³-hybridized carbons (Fsp3) is 0.0769. The lowest BCUT2D eigenvalue weighted by atomic mass is 10.0. The minimum atomic E-state index is -1.33. The van der Waals surface area contributed by atoms with Crippen LogP contribution in [0.3, 0.4) is 0 Å². The van der Waals surface area contributed by atoms with E-state index in [2.05, 4.69) is 0 Å². The molecule has 0 spiro atoms. The number of rotatable bonds is 9. The summed E-state index contributed by atoms with van der Waals surface area (Å²) in [6, 6.07) is 44.9. The van der Waals surface area contributed by atoms with Gasteiger partial charge >= 0.3 is 0 Å². The van der Waals surface area contributed by atoms with Gasteiger partial charge in [-0.3, -0.25) is 0 Å². The molecule has 0 atom stereocenters. The summed E-state index contributed by atoms with van der Waals surface area (Å²) in [5, 5.41) is 2.92. The van der Waals surface area contributed by atoms with Crippen LogP contribution in [0.15, 0.2) is 146 Å². The van der Waals surface area contributed by atoms with Crippen molar-refractivity contribution in [2.75, 3.05) is 0 Å². The molecule has 0 aliphatic heterocycles. The summed E-state index contributed by atoms with van der Waals surface area (Å²) in [5.41, 5.74) is 5.79. The van der Waals surface area contributed by atoms with Crippen molar-refractivity contribution < 1.29 is 13.2 Å². The standard InChI is InChI=1S/C39H30F3P/c40-34-16-19-37(31(25-34)22-28-10-4-1-5-11-28)43(38-20-17-35(41)26-32(38)23-29-12-6-2-7-13-29)39-21-18-36(42)27-33(39)24-30-14-8-3-9-15-30/h1-21,25-27H,22-24H2. The lowest BCUT2D eigenvalue weighted by Crippen LogP contribution is -2.28. The summed E-state index contributed by atoms with van der Waals surface area (Å²) in [6.45, 7) is 0. The van der Waals surface area contributed by atoms with Crippen molar-refractivity contribution in [3.05, 3.63) is 196 Å². The molecular formula is C39H30F3P. The molecule has 43 heavy (non-hydrogen) atoms. The molecule has 0 unspecified atom stereocenters. The predicted octanol–water partition coefficient (Wildman–Crippen LogP) is 8.63. The van der Waals surface area contributed by atoms with Crippen molar-refractivity contribution >= 4 is 23.8 Å². The first-order chi connectivity index (χ1) is 21.0. The molecule has 0 N–H and O–H groups in total. The third-order valence-electron chi connectivity index (χ3n) is 7.56. The molecule has 6 aromatic rings. The van der Waals surface area contributed by atoms with E-state index < -0.39 is 7.92 Å². The van der Waals surface area contributed by atoms with Crippen molar-refractivity contribution in [3.8, 4) is 0 Å². The molecule has 0 aromatic heterocycles. The van der Waals surface area contributed by atoms with Crippen LogP contribution in [0.5, 0.6) is 0 Å². The second-order valence-electron chi connectivity index (χ2n) is 10.6. The second kappa shape index (κ2) is 13.2. The SMILES string of the molecule is Fc1ccc(P(c2ccc(F)cc2Cc2ccccc2)c2ccc(F)cc2Cc2ccccc2)c(Cc2ccccc2)c1. The Morgan fingerprint density at radius 3 is 0.907 bits per heavy atom. The first-order valence-corrected chi connectivity index (χ1v) is 15.6. The van der Waals surface area contributed by atoms with Gasteiger partial charge in [0.25, 0.3) is 0 Å². The number of hydrogen-bond donors (Lipinski definition) is 0. The van der Waals surface area contributed by atoms with Crippen LogP contribution in [0.4, 0.5) is 13.2 Å². The quantitative estimate of drug-likeness (QED) is 0.149. The summed E-state index contributed by atoms with van der Waals surface area (Å²) in [4.78, 5) is 0. The molecule has 0 heterocycles. The van der Waals surface area contributed by atoms with Crippen LogP contribution in [-0.4, -0.2) is 0 Å². The molecule has 4 heteroatoms. The topological polar surface area (TPSA) is 0 Å². The maximum Gasteiger partial charge on any atom is 0.123 e. The smallest absolute Gasteiger partial charge is 0.123 e. The number of benzene rings is 6. The largest absolute Gasteiger partial charge is 0.207 e. The molecule has 0 aliphatic rings. The van der Waals surface area contributed by atoms with E-state index >= 15 is 0 Å². The second-order valence-corrected chi connectivity index (χ2v) is 12.8. The molecule has 0 nitrogen and oxygen atoms in total. The van der Waals surface area contributed by atoms with Crippen LogP contribution < -0.4 is 15.9 Å². The highest BCUT2D eigenvalue weighted by molar-refractivity contribution is 7.80. The third-order valence-corrected chi connectivity index (χ3v) is 10.3. The average molecular weight is 587 g/mol. The molecule has 0 aliphatic carbocycles. The van der Waals surface area contributed by atoms with Crippen molar-refractivity contribution in [3.63, 3.8) is 0 Å². The average Bonchev–Trinajstić information content (AvgIpc) is 3.01. The van der Waals surface area contributed by atoms with Gasteiger partial charge in [-0.2, -0.15) is 0 Å². The van der Waals surface area contributed by atoms with Crippen LogP contribution in [0.25, 0.3) is 0 Å². The Morgan fingerprint density at radius 1 is 0.349 bits per heavy atom. The van der Waals surface area contributed by atoms with E-state index in [4.69, 9.17) is 0 Å². The van der Waals surface area contributed by atoms with Gasteiger partial charge in [-0.25, -0.2) is 13.2 Å². The Labute approximate surface area is 252 Å². The van der Waals surface area contributed by atoms with Crippen LogP contribution in [0.2, 0.25) is 0 Å². The summed E-state index contributed by atoms with van der Waals surface area (Å²) < 4.78 is 44.6. The minimum absolute atomic E-state index is 0.308. The molecule has 6 aromatic carbocycles. The zero-order chi connectivity index (χ0) is 29.6. The first-order valence-electron chi connectivity index (χ1n) is 14.3. The van der Waals surface area contributed by atoms with E-state index in [0.29, 0.717) is 19.3 Å². The summed E-state index contributed by atoms with van der Waals surface area (Å²) >= 11 is 0. The van der Waals surface area contributed by atoms with Crippen molar-refractivity contribution in [2.45, 2.75) is 19.3 Å². The Morgan fingerprint density at radius 2 is 0.628 bits per heavy atom. The zero-order valence-electron chi connectivity index (χ0n) is 23.6. The van der Waals surface area contributed by atoms with E-state index in [1.54, 1.807) is 18.2 Å². The van der Waals surface area contributed by atoms with Gasteiger partial charge in [-0.05, 0) is 113 Å². The van der Waals surface area contributed by atoms with E-state index in [9.17, 15) is 13.2 Å². The highest BCUT2D eigenvalue weighted by atomic mass is 31.1. The first kappa shape index (κ1) is 28.6. The normalized spacial score (nSPS) is 11.2. The summed E-state index contributed by atoms with van der Waals surface area (Å²) in [5.74, 6) is -0.925. The van der Waals surface area contributed by atoms with E-state index in [-0.39, 0.29) is 17.5 Å². The maximum atomic E-state index is 14.9. The monoisotopic (exact) mass is 586 g/mol. The minimum Gasteiger partial charge on any atom is -0.207 e. The zero-order valence-corrected chi connectivity index (χ0v) is 24.5. The Kier molecular flexibility index (Phi) is 8.82. The lowest BCUT2D eigenvalue weighted by Gasteiger charge is -2.27. The van der Waals surface area contributed by atoms with Gasteiger partial charge in [-0.15, -0.1) is 0 Å². The van der Waals surface area contributed by atoms with Crippen LogP contribution >= 0.6 is 7.92 Å². The molecule has 6 rings (SSSR count). The van der Waals surface area contributed by atoms with E-state index in [1.165, 1.54) is 18.2 Å². The highest BCUT2D eigenvalue weighted by Gasteiger charge is 2.26. The molecule has 0 saturated heterocycles. The molecule has 0 amide bonds. The maximum absolute atomic E-state index is 14.9. The summed E-state index contributed by atoms with van der Waals surface area (Å²) in [6.07, 6.45) is 1.62. The number of halogens is 3. The predicted molar refractivity (Wildman–Crippen MR) is 173 cm³/mol. The Balaban J connectivity index is 1.58. The van der Waals surface area contributed by atoms with E-state index in [1.807, 2.05) is 109 Å². The Bertz CT molecular complexity index is 1600. The number of hydrogen-bond acceptors (Lipinski definition) is 0. The van der Waals surface area contributed by atoms with Crippen molar-refractivity contribution in [1.82, 2.24) is 0 Å². The van der Waals surface area contributed by atoms with Crippen molar-refractivity contribution in [2.24, 2.45) is 0 Å². The fourth-order valence-corrected chi connectivity index (χ4v) is 8.32. The molecule has 212 valence electrons. The highest BCUT2D eigenvalue weighted by Crippen LogP contribution is 2.39. The molecule has 0 radical (unpaired) electrons. The molecule has 0 saturated carbocycles. The van der Waals surface area contributed by atoms with Crippen LogP contribution in [0.1, 0.15) is 33.4 Å². The van der Waals surface area contributed by atoms with Crippen LogP contribution in [-0.2, 0) is 19.3 Å². The van der Waals surface area contributed by atoms with Gasteiger partial charge in [0, 0.05) is 0 Å².